The molecule has 0 aliphatic heterocycles. The number of ether oxygens (including phenoxy) is 1. The highest BCUT2D eigenvalue weighted by molar-refractivity contribution is 6.41. The van der Waals surface area contributed by atoms with Crippen molar-refractivity contribution in [2.45, 2.75) is 0 Å². The molecule has 20 heavy (non-hydrogen) atoms. The van der Waals surface area contributed by atoms with Crippen molar-refractivity contribution in [1.29, 1.82) is 0 Å². The molecule has 0 heterocycles. The highest BCUT2D eigenvalue weighted by Crippen LogP contribution is 2.23. The Morgan fingerprint density at radius 3 is 2.65 bits per heavy atom. The molecule has 0 unspecified atom stereocenters. The van der Waals surface area contributed by atoms with Crippen molar-refractivity contribution < 1.29 is 19.1 Å². The second kappa shape index (κ2) is 7.30. The first-order valence-corrected chi connectivity index (χ1v) is 5.95. The van der Waals surface area contributed by atoms with Gasteiger partial charge in [-0.05, 0) is 18.2 Å². The fraction of sp³-hybridized carbons (Fsp3) is 0.154. The van der Waals surface area contributed by atoms with E-state index in [2.05, 4.69) is 21.9 Å². The Bertz CT molecular complexity index is 557. The fourth-order valence-electron chi connectivity index (χ4n) is 1.29. The lowest BCUT2D eigenvalue weighted by Crippen LogP contribution is -2.35. The zero-order valence-electron chi connectivity index (χ0n) is 10.7. The molecule has 106 valence electrons. The second-order valence-corrected chi connectivity index (χ2v) is 4.05. The number of halogens is 1. The molecule has 0 bridgehead atoms. The predicted octanol–water partition coefficient (Wildman–Crippen LogP) is 1.37. The van der Waals surface area contributed by atoms with Gasteiger partial charge in [0.25, 0.3) is 0 Å². The largest absolute Gasteiger partial charge is 0.465 e. The van der Waals surface area contributed by atoms with E-state index in [0.717, 1.165) is 0 Å². The van der Waals surface area contributed by atoms with Crippen molar-refractivity contribution in [3.63, 3.8) is 0 Å². The topological polar surface area (TPSA) is 84.5 Å². The molecule has 0 aliphatic rings. The van der Waals surface area contributed by atoms with E-state index in [1.165, 1.54) is 31.4 Å². The van der Waals surface area contributed by atoms with Gasteiger partial charge in [-0.1, -0.05) is 17.7 Å². The molecule has 0 aliphatic carbocycles. The zero-order valence-corrected chi connectivity index (χ0v) is 11.5. The highest BCUT2D eigenvalue weighted by Gasteiger charge is 2.16. The van der Waals surface area contributed by atoms with E-state index in [4.69, 9.17) is 11.6 Å². The van der Waals surface area contributed by atoms with Crippen LogP contribution in [0.4, 0.5) is 5.69 Å². The van der Waals surface area contributed by atoms with E-state index < -0.39 is 17.8 Å². The number of benzene rings is 1. The van der Waals surface area contributed by atoms with Crippen molar-refractivity contribution in [3.05, 3.63) is 41.4 Å². The lowest BCUT2D eigenvalue weighted by atomic mass is 10.2. The standard InChI is InChI=1S/C13H13ClN2O4/c1-3-6-15-11(17)12(18)16-10-7-8(13(19)20-2)4-5-9(10)14/h3-5,7H,1,6H2,2H3,(H,15,17)(H,16,18). The number of hydrogen-bond donors (Lipinski definition) is 2. The molecule has 0 aromatic heterocycles. The van der Waals surface area contributed by atoms with Crippen LogP contribution in [0, 0.1) is 0 Å². The van der Waals surface area contributed by atoms with E-state index in [-0.39, 0.29) is 22.8 Å². The maximum Gasteiger partial charge on any atom is 0.337 e. The van der Waals surface area contributed by atoms with Crippen LogP contribution in [0.15, 0.2) is 30.9 Å². The van der Waals surface area contributed by atoms with Gasteiger partial charge in [-0.3, -0.25) is 9.59 Å². The molecule has 0 saturated carbocycles. The summed E-state index contributed by atoms with van der Waals surface area (Å²) in [6.45, 7) is 3.58. The first kappa shape index (κ1) is 15.7. The van der Waals surface area contributed by atoms with Gasteiger partial charge in [-0.25, -0.2) is 4.79 Å². The molecule has 0 radical (unpaired) electrons. The van der Waals surface area contributed by atoms with Gasteiger partial charge >= 0.3 is 17.8 Å². The number of methoxy groups -OCH3 is 1. The number of nitrogens with one attached hydrogen (secondary N) is 2. The third-order valence-electron chi connectivity index (χ3n) is 2.25. The van der Waals surface area contributed by atoms with Crippen LogP contribution >= 0.6 is 11.6 Å². The maximum absolute atomic E-state index is 11.6. The number of esters is 1. The monoisotopic (exact) mass is 296 g/mol. The first-order chi connectivity index (χ1) is 9.49. The average molecular weight is 297 g/mol. The molecule has 7 heteroatoms. The first-order valence-electron chi connectivity index (χ1n) is 5.57. The summed E-state index contributed by atoms with van der Waals surface area (Å²) in [5.74, 6) is -2.30. The summed E-state index contributed by atoms with van der Waals surface area (Å²) in [5.41, 5.74) is 0.354. The van der Waals surface area contributed by atoms with Gasteiger partial charge in [0.05, 0.1) is 23.4 Å². The lowest BCUT2D eigenvalue weighted by Gasteiger charge is -2.08. The van der Waals surface area contributed by atoms with Crippen LogP contribution in [0.2, 0.25) is 5.02 Å². The summed E-state index contributed by atoms with van der Waals surface area (Å²) in [7, 11) is 1.23. The summed E-state index contributed by atoms with van der Waals surface area (Å²) in [6, 6.07) is 4.19. The van der Waals surface area contributed by atoms with Gasteiger partial charge in [0.15, 0.2) is 0 Å². The molecular weight excluding hydrogens is 284 g/mol. The Hall–Kier alpha value is -2.34. The van der Waals surface area contributed by atoms with Crippen molar-refractivity contribution in [2.75, 3.05) is 19.0 Å². The van der Waals surface area contributed by atoms with Crippen LogP contribution < -0.4 is 10.6 Å². The molecular formula is C13H13ClN2O4. The Morgan fingerprint density at radius 1 is 1.35 bits per heavy atom. The second-order valence-electron chi connectivity index (χ2n) is 3.64. The number of anilines is 1. The summed E-state index contributed by atoms with van der Waals surface area (Å²) >= 11 is 5.88. The molecule has 0 saturated heterocycles. The van der Waals surface area contributed by atoms with Crippen LogP contribution in [0.25, 0.3) is 0 Å². The lowest BCUT2D eigenvalue weighted by molar-refractivity contribution is -0.136. The minimum Gasteiger partial charge on any atom is -0.465 e. The average Bonchev–Trinajstić information content (AvgIpc) is 2.45. The van der Waals surface area contributed by atoms with Gasteiger partial charge in [-0.15, -0.1) is 6.58 Å². The number of rotatable bonds is 4. The molecule has 1 aromatic rings. The van der Waals surface area contributed by atoms with E-state index in [1.54, 1.807) is 0 Å². The summed E-state index contributed by atoms with van der Waals surface area (Å²) in [4.78, 5) is 34.3. The number of carbonyl (C=O) groups excluding carboxylic acids is 3. The summed E-state index contributed by atoms with van der Waals surface area (Å²) in [5, 5.41) is 4.83. The predicted molar refractivity (Wildman–Crippen MR) is 74.6 cm³/mol. The van der Waals surface area contributed by atoms with Crippen molar-refractivity contribution in [2.24, 2.45) is 0 Å². The Morgan fingerprint density at radius 2 is 2.05 bits per heavy atom. The van der Waals surface area contributed by atoms with E-state index in [0.29, 0.717) is 0 Å². The third-order valence-corrected chi connectivity index (χ3v) is 2.58. The summed E-state index contributed by atoms with van der Waals surface area (Å²) < 4.78 is 4.55. The van der Waals surface area contributed by atoms with E-state index in [1.807, 2.05) is 0 Å². The quantitative estimate of drug-likeness (QED) is 0.499. The van der Waals surface area contributed by atoms with Crippen molar-refractivity contribution in [1.82, 2.24) is 5.32 Å². The van der Waals surface area contributed by atoms with E-state index in [9.17, 15) is 14.4 Å². The van der Waals surface area contributed by atoms with Crippen molar-refractivity contribution >= 4 is 35.1 Å². The fourth-order valence-corrected chi connectivity index (χ4v) is 1.45. The smallest absolute Gasteiger partial charge is 0.337 e. The maximum atomic E-state index is 11.6. The normalized spacial score (nSPS) is 9.50. The van der Waals surface area contributed by atoms with Crippen LogP contribution in [0.1, 0.15) is 10.4 Å². The van der Waals surface area contributed by atoms with E-state index >= 15 is 0 Å². The SMILES string of the molecule is C=CCNC(=O)C(=O)Nc1cc(C(=O)OC)ccc1Cl. The highest BCUT2D eigenvalue weighted by atomic mass is 35.5. The van der Waals surface area contributed by atoms with Crippen LogP contribution in [0.5, 0.6) is 0 Å². The molecule has 2 N–H and O–H groups in total. The summed E-state index contributed by atoms with van der Waals surface area (Å²) in [6.07, 6.45) is 1.44. The van der Waals surface area contributed by atoms with Crippen molar-refractivity contribution in [3.8, 4) is 0 Å². The van der Waals surface area contributed by atoms with Gasteiger partial charge in [0, 0.05) is 6.54 Å². The number of amides is 2. The Kier molecular flexibility index (Phi) is 5.74. The van der Waals surface area contributed by atoms with Crippen LogP contribution in [-0.2, 0) is 14.3 Å². The molecule has 2 amide bonds. The number of carbonyl (C=O) groups is 3. The Labute approximate surface area is 120 Å². The molecule has 0 atom stereocenters. The minimum atomic E-state index is -0.893. The molecule has 1 aromatic carbocycles. The van der Waals surface area contributed by atoms with Gasteiger partial charge in [0.2, 0.25) is 0 Å². The van der Waals surface area contributed by atoms with Gasteiger partial charge < -0.3 is 15.4 Å². The molecule has 0 fully saturated rings. The zero-order chi connectivity index (χ0) is 15.1. The van der Waals surface area contributed by atoms with Crippen LogP contribution in [0.3, 0.4) is 0 Å². The van der Waals surface area contributed by atoms with Gasteiger partial charge in [-0.2, -0.15) is 0 Å². The molecule has 0 spiro atoms. The van der Waals surface area contributed by atoms with Gasteiger partial charge in [0.1, 0.15) is 0 Å². The number of hydrogen-bond acceptors (Lipinski definition) is 4. The minimum absolute atomic E-state index is 0.147. The Balaban J connectivity index is 2.86. The molecule has 1 rings (SSSR count). The molecule has 6 nitrogen and oxygen atoms in total. The third kappa shape index (κ3) is 4.10. The van der Waals surface area contributed by atoms with Crippen LogP contribution in [-0.4, -0.2) is 31.4 Å².